The third-order valence-corrected chi connectivity index (χ3v) is 3.92. The van der Waals surface area contributed by atoms with Crippen LogP contribution in [0.2, 0.25) is 0 Å². The van der Waals surface area contributed by atoms with Crippen molar-refractivity contribution >= 4 is 5.91 Å². The van der Waals surface area contributed by atoms with Gasteiger partial charge in [-0.2, -0.15) is 0 Å². The number of hydrogen-bond acceptors (Lipinski definition) is 3. The van der Waals surface area contributed by atoms with Crippen LogP contribution in [0.4, 0.5) is 0 Å². The summed E-state index contributed by atoms with van der Waals surface area (Å²) < 4.78 is 11.5. The second-order valence-corrected chi connectivity index (χ2v) is 6.49. The van der Waals surface area contributed by atoms with E-state index in [1.165, 1.54) is 5.56 Å². The van der Waals surface area contributed by atoms with E-state index in [0.29, 0.717) is 19.0 Å². The Morgan fingerprint density at radius 2 is 1.86 bits per heavy atom. The van der Waals surface area contributed by atoms with Crippen LogP contribution in [0, 0.1) is 0 Å². The smallest absolute Gasteiger partial charge is 0.263 e. The fraction of sp³-hybridized carbons (Fsp3) is 0.611. The number of benzene rings is 1. The Kier molecular flexibility index (Phi) is 5.46. The van der Waals surface area contributed by atoms with Crippen molar-refractivity contribution < 1.29 is 14.3 Å². The zero-order valence-corrected chi connectivity index (χ0v) is 14.2. The van der Waals surface area contributed by atoms with Crippen LogP contribution in [-0.4, -0.2) is 42.2 Å². The molecule has 122 valence electrons. The first-order valence-corrected chi connectivity index (χ1v) is 8.07. The number of amides is 1. The van der Waals surface area contributed by atoms with E-state index >= 15 is 0 Å². The molecule has 1 aromatic carbocycles. The SMILES string of the molecule is CC1CN(C(=O)C(C)Oc2cccc(C(C)C)c2)CC(C)O1. The first-order chi connectivity index (χ1) is 10.4. The van der Waals surface area contributed by atoms with Gasteiger partial charge in [0.25, 0.3) is 5.91 Å². The van der Waals surface area contributed by atoms with Gasteiger partial charge in [-0.15, -0.1) is 0 Å². The van der Waals surface area contributed by atoms with E-state index in [9.17, 15) is 4.79 Å². The molecule has 1 heterocycles. The van der Waals surface area contributed by atoms with E-state index in [-0.39, 0.29) is 18.1 Å². The van der Waals surface area contributed by atoms with Crippen molar-refractivity contribution in [3.63, 3.8) is 0 Å². The summed E-state index contributed by atoms with van der Waals surface area (Å²) in [4.78, 5) is 14.4. The van der Waals surface area contributed by atoms with Crippen LogP contribution in [0.3, 0.4) is 0 Å². The summed E-state index contributed by atoms with van der Waals surface area (Å²) in [6.07, 6.45) is -0.340. The molecule has 4 heteroatoms. The fourth-order valence-electron chi connectivity index (χ4n) is 2.82. The molecule has 0 aromatic heterocycles. The summed E-state index contributed by atoms with van der Waals surface area (Å²) >= 11 is 0. The van der Waals surface area contributed by atoms with E-state index < -0.39 is 6.10 Å². The van der Waals surface area contributed by atoms with Crippen LogP contribution < -0.4 is 4.74 Å². The molecular weight excluding hydrogens is 278 g/mol. The maximum Gasteiger partial charge on any atom is 0.263 e. The zero-order valence-electron chi connectivity index (χ0n) is 14.2. The number of morpholine rings is 1. The quantitative estimate of drug-likeness (QED) is 0.857. The largest absolute Gasteiger partial charge is 0.481 e. The monoisotopic (exact) mass is 305 g/mol. The summed E-state index contributed by atoms with van der Waals surface area (Å²) in [5.74, 6) is 1.22. The summed E-state index contributed by atoms with van der Waals surface area (Å²) in [5.41, 5.74) is 1.21. The lowest BCUT2D eigenvalue weighted by Crippen LogP contribution is -2.51. The number of hydrogen-bond donors (Lipinski definition) is 0. The molecule has 0 aliphatic carbocycles. The predicted molar refractivity (Wildman–Crippen MR) is 87.2 cm³/mol. The molecule has 1 fully saturated rings. The highest BCUT2D eigenvalue weighted by Gasteiger charge is 2.29. The molecule has 0 radical (unpaired) electrons. The summed E-state index contributed by atoms with van der Waals surface area (Å²) in [6, 6.07) is 7.97. The lowest BCUT2D eigenvalue weighted by molar-refractivity contribution is -0.149. The Morgan fingerprint density at radius 1 is 1.23 bits per heavy atom. The maximum atomic E-state index is 12.6. The Bertz CT molecular complexity index is 505. The van der Waals surface area contributed by atoms with Crippen LogP contribution in [-0.2, 0) is 9.53 Å². The molecule has 3 unspecified atom stereocenters. The Morgan fingerprint density at radius 3 is 2.45 bits per heavy atom. The highest BCUT2D eigenvalue weighted by atomic mass is 16.5. The molecule has 1 aliphatic heterocycles. The van der Waals surface area contributed by atoms with Crippen molar-refractivity contribution in [1.29, 1.82) is 0 Å². The molecule has 0 N–H and O–H groups in total. The van der Waals surface area contributed by atoms with Crippen molar-refractivity contribution in [2.75, 3.05) is 13.1 Å². The molecule has 1 aromatic rings. The van der Waals surface area contributed by atoms with E-state index in [4.69, 9.17) is 9.47 Å². The van der Waals surface area contributed by atoms with Gasteiger partial charge in [-0.25, -0.2) is 0 Å². The minimum Gasteiger partial charge on any atom is -0.481 e. The van der Waals surface area contributed by atoms with Crippen molar-refractivity contribution in [2.24, 2.45) is 0 Å². The Labute approximate surface area is 133 Å². The summed E-state index contributed by atoms with van der Waals surface area (Å²) in [7, 11) is 0. The Balaban J connectivity index is 2.00. The van der Waals surface area contributed by atoms with Crippen LogP contribution in [0.1, 0.15) is 46.1 Å². The lowest BCUT2D eigenvalue weighted by atomic mass is 10.0. The van der Waals surface area contributed by atoms with Gasteiger partial charge in [0.2, 0.25) is 0 Å². The van der Waals surface area contributed by atoms with E-state index in [1.54, 1.807) is 0 Å². The highest BCUT2D eigenvalue weighted by Crippen LogP contribution is 2.21. The molecule has 1 saturated heterocycles. The second-order valence-electron chi connectivity index (χ2n) is 6.49. The van der Waals surface area contributed by atoms with Gasteiger partial charge in [0, 0.05) is 13.1 Å². The first-order valence-electron chi connectivity index (χ1n) is 8.07. The number of ether oxygens (including phenoxy) is 2. The normalized spacial score (nSPS) is 23.5. The number of carbonyl (C=O) groups excluding carboxylic acids is 1. The molecule has 1 aliphatic rings. The van der Waals surface area contributed by atoms with Crippen LogP contribution in [0.25, 0.3) is 0 Å². The lowest BCUT2D eigenvalue weighted by Gasteiger charge is -2.36. The standard InChI is InChI=1S/C18H27NO3/c1-12(2)16-7-6-8-17(9-16)22-15(5)18(20)19-10-13(3)21-14(4)11-19/h6-9,12-15H,10-11H2,1-5H3. The van der Waals surface area contributed by atoms with Crippen molar-refractivity contribution in [2.45, 2.75) is 58.8 Å². The van der Waals surface area contributed by atoms with Gasteiger partial charge in [-0.3, -0.25) is 4.79 Å². The van der Waals surface area contributed by atoms with Crippen molar-refractivity contribution in [3.8, 4) is 5.75 Å². The fourth-order valence-corrected chi connectivity index (χ4v) is 2.82. The molecule has 3 atom stereocenters. The number of carbonyl (C=O) groups is 1. The van der Waals surface area contributed by atoms with E-state index in [0.717, 1.165) is 5.75 Å². The molecule has 0 saturated carbocycles. The van der Waals surface area contributed by atoms with Gasteiger partial charge in [0.05, 0.1) is 12.2 Å². The van der Waals surface area contributed by atoms with Gasteiger partial charge in [-0.1, -0.05) is 26.0 Å². The molecule has 0 bridgehead atoms. The van der Waals surface area contributed by atoms with Gasteiger partial charge < -0.3 is 14.4 Å². The zero-order chi connectivity index (χ0) is 16.3. The molecule has 22 heavy (non-hydrogen) atoms. The third kappa shape index (κ3) is 4.23. The minimum absolute atomic E-state index is 0.0250. The highest BCUT2D eigenvalue weighted by molar-refractivity contribution is 5.81. The molecular formula is C18H27NO3. The maximum absolute atomic E-state index is 12.6. The molecule has 4 nitrogen and oxygen atoms in total. The van der Waals surface area contributed by atoms with Crippen LogP contribution in [0.15, 0.2) is 24.3 Å². The Hall–Kier alpha value is -1.55. The van der Waals surface area contributed by atoms with E-state index in [1.807, 2.05) is 43.9 Å². The summed E-state index contributed by atoms with van der Waals surface area (Å²) in [5, 5.41) is 0. The van der Waals surface area contributed by atoms with Gasteiger partial charge in [0.15, 0.2) is 6.10 Å². The molecule has 2 rings (SSSR count). The number of rotatable bonds is 4. The molecule has 0 spiro atoms. The van der Waals surface area contributed by atoms with Crippen LogP contribution in [0.5, 0.6) is 5.75 Å². The van der Waals surface area contributed by atoms with E-state index in [2.05, 4.69) is 19.9 Å². The third-order valence-electron chi connectivity index (χ3n) is 3.92. The first kappa shape index (κ1) is 16.8. The second kappa shape index (κ2) is 7.14. The average Bonchev–Trinajstić information content (AvgIpc) is 2.45. The van der Waals surface area contributed by atoms with Gasteiger partial charge >= 0.3 is 0 Å². The topological polar surface area (TPSA) is 38.8 Å². The van der Waals surface area contributed by atoms with Crippen LogP contribution >= 0.6 is 0 Å². The summed E-state index contributed by atoms with van der Waals surface area (Å²) in [6.45, 7) is 11.3. The minimum atomic E-state index is -0.486. The van der Waals surface area contributed by atoms with Gasteiger partial charge in [-0.05, 0) is 44.4 Å². The van der Waals surface area contributed by atoms with Crippen molar-refractivity contribution in [1.82, 2.24) is 4.90 Å². The van der Waals surface area contributed by atoms with Gasteiger partial charge in [0.1, 0.15) is 5.75 Å². The molecule has 1 amide bonds. The van der Waals surface area contributed by atoms with Crippen molar-refractivity contribution in [3.05, 3.63) is 29.8 Å². The predicted octanol–water partition coefficient (Wildman–Crippen LogP) is 3.21. The number of nitrogens with zero attached hydrogens (tertiary/aromatic N) is 1. The average molecular weight is 305 g/mol.